The van der Waals surface area contributed by atoms with Crippen LogP contribution in [-0.2, 0) is 4.79 Å². The topological polar surface area (TPSA) is 75.2 Å². The second kappa shape index (κ2) is 6.38. The maximum atomic E-state index is 12.1. The lowest BCUT2D eigenvalue weighted by Crippen LogP contribution is -2.01. The van der Waals surface area contributed by atoms with Crippen molar-refractivity contribution in [3.8, 4) is 17.0 Å². The number of hydrogen-bond donors (Lipinski definition) is 2. The molecular formula is C12H10F2N2O3S. The van der Waals surface area contributed by atoms with Crippen LogP contribution in [0.4, 0.5) is 8.78 Å². The normalized spacial score (nSPS) is 10.8. The summed E-state index contributed by atoms with van der Waals surface area (Å²) >= 11 is 1.04. The molecule has 2 aromatic rings. The maximum Gasteiger partial charge on any atom is 0.387 e. The summed E-state index contributed by atoms with van der Waals surface area (Å²) in [5.41, 5.74) is 1.22. The summed E-state index contributed by atoms with van der Waals surface area (Å²) < 4.78 is 28.6. The molecule has 2 N–H and O–H groups in total. The number of thioether (sulfide) groups is 1. The van der Waals surface area contributed by atoms with Crippen LogP contribution in [0.25, 0.3) is 11.3 Å². The second-order valence-corrected chi connectivity index (χ2v) is 4.65. The number of hydrogen-bond acceptors (Lipinski definition) is 4. The van der Waals surface area contributed by atoms with Crippen molar-refractivity contribution >= 4 is 17.7 Å². The van der Waals surface area contributed by atoms with Gasteiger partial charge in [-0.3, -0.25) is 4.79 Å². The number of carbonyl (C=O) groups is 1. The third-order valence-corrected chi connectivity index (χ3v) is 3.13. The molecule has 0 fully saturated rings. The molecule has 0 radical (unpaired) electrons. The van der Waals surface area contributed by atoms with Crippen molar-refractivity contribution in [1.82, 2.24) is 9.97 Å². The van der Waals surface area contributed by atoms with Gasteiger partial charge in [0.2, 0.25) is 0 Å². The molecule has 5 nitrogen and oxygen atoms in total. The molecule has 0 aliphatic carbocycles. The Labute approximate surface area is 117 Å². The molecule has 8 heteroatoms. The minimum Gasteiger partial charge on any atom is -0.481 e. The number of aromatic nitrogens is 2. The maximum absolute atomic E-state index is 12.1. The fourth-order valence-electron chi connectivity index (χ4n) is 1.49. The number of nitrogens with one attached hydrogen (secondary N) is 1. The summed E-state index contributed by atoms with van der Waals surface area (Å²) in [6, 6.07) is 6.16. The molecule has 106 valence electrons. The molecule has 1 aromatic heterocycles. The number of nitrogens with zero attached hydrogens (tertiary/aromatic N) is 1. The van der Waals surface area contributed by atoms with Gasteiger partial charge in [-0.25, -0.2) is 4.98 Å². The smallest absolute Gasteiger partial charge is 0.387 e. The summed E-state index contributed by atoms with van der Waals surface area (Å²) in [7, 11) is 0. The highest BCUT2D eigenvalue weighted by Gasteiger charge is 2.08. The van der Waals surface area contributed by atoms with Gasteiger partial charge in [0.05, 0.1) is 17.6 Å². The van der Waals surface area contributed by atoms with E-state index in [-0.39, 0.29) is 11.5 Å². The Morgan fingerprint density at radius 3 is 3.00 bits per heavy atom. The van der Waals surface area contributed by atoms with Crippen LogP contribution in [0.3, 0.4) is 0 Å². The summed E-state index contributed by atoms with van der Waals surface area (Å²) in [5, 5.41) is 9.02. The Balaban J connectivity index is 2.13. The Hall–Kier alpha value is -2.09. The standard InChI is InChI=1S/C12H10F2N2O3S/c13-11(14)19-8-3-1-2-7(4-8)9-5-15-12(16-9)20-6-10(17)18/h1-5,11H,6H2,(H,15,16)(H,17,18). The van der Waals surface area contributed by atoms with Gasteiger partial charge in [-0.15, -0.1) is 0 Å². The van der Waals surface area contributed by atoms with E-state index in [1.54, 1.807) is 12.1 Å². The van der Waals surface area contributed by atoms with Gasteiger partial charge in [-0.1, -0.05) is 23.9 Å². The summed E-state index contributed by atoms with van der Waals surface area (Å²) in [6.07, 6.45) is 1.51. The first-order chi connectivity index (χ1) is 9.54. The number of carboxylic acid groups (broad SMARTS) is 1. The fraction of sp³-hybridized carbons (Fsp3) is 0.167. The van der Waals surface area contributed by atoms with Crippen molar-refractivity contribution in [2.24, 2.45) is 0 Å². The molecule has 0 aliphatic rings. The van der Waals surface area contributed by atoms with Crippen molar-refractivity contribution in [3.05, 3.63) is 30.5 Å². The van der Waals surface area contributed by atoms with E-state index in [4.69, 9.17) is 5.11 Å². The lowest BCUT2D eigenvalue weighted by atomic mass is 10.1. The monoisotopic (exact) mass is 300 g/mol. The van der Waals surface area contributed by atoms with Crippen LogP contribution in [0.5, 0.6) is 5.75 Å². The molecular weight excluding hydrogens is 290 g/mol. The number of rotatable bonds is 6. The van der Waals surface area contributed by atoms with Crippen LogP contribution in [0, 0.1) is 0 Å². The van der Waals surface area contributed by atoms with Crippen LogP contribution in [-0.4, -0.2) is 33.4 Å². The molecule has 0 atom stereocenters. The molecule has 0 saturated carbocycles. The number of halogens is 2. The summed E-state index contributed by atoms with van der Waals surface area (Å²) in [5.74, 6) is -1.01. The van der Waals surface area contributed by atoms with Crippen molar-refractivity contribution in [1.29, 1.82) is 0 Å². The molecule has 20 heavy (non-hydrogen) atoms. The van der Waals surface area contributed by atoms with Crippen molar-refractivity contribution < 1.29 is 23.4 Å². The van der Waals surface area contributed by atoms with Gasteiger partial charge in [-0.05, 0) is 12.1 Å². The van der Waals surface area contributed by atoms with E-state index in [9.17, 15) is 13.6 Å². The number of ether oxygens (including phenoxy) is 1. The number of aromatic amines is 1. The van der Waals surface area contributed by atoms with Gasteiger partial charge in [0.15, 0.2) is 5.16 Å². The molecule has 0 unspecified atom stereocenters. The number of carboxylic acids is 1. The fourth-order valence-corrected chi connectivity index (χ4v) is 2.06. The van der Waals surface area contributed by atoms with E-state index < -0.39 is 12.6 Å². The Morgan fingerprint density at radius 2 is 2.30 bits per heavy atom. The van der Waals surface area contributed by atoms with Gasteiger partial charge in [0.1, 0.15) is 5.75 Å². The molecule has 0 amide bonds. The van der Waals surface area contributed by atoms with Crippen LogP contribution in [0.1, 0.15) is 0 Å². The average Bonchev–Trinajstić information content (AvgIpc) is 2.84. The lowest BCUT2D eigenvalue weighted by Gasteiger charge is -2.05. The van der Waals surface area contributed by atoms with Gasteiger partial charge < -0.3 is 14.8 Å². The number of aliphatic carboxylic acids is 1. The number of benzene rings is 1. The highest BCUT2D eigenvalue weighted by molar-refractivity contribution is 7.99. The highest BCUT2D eigenvalue weighted by atomic mass is 32.2. The SMILES string of the molecule is O=C(O)CSc1ncc(-c2cccc(OC(F)F)c2)[nH]1. The number of alkyl halides is 2. The van der Waals surface area contributed by atoms with Crippen molar-refractivity contribution in [2.75, 3.05) is 5.75 Å². The largest absolute Gasteiger partial charge is 0.481 e. The molecule has 0 saturated heterocycles. The van der Waals surface area contributed by atoms with Crippen molar-refractivity contribution in [2.45, 2.75) is 11.8 Å². The molecule has 0 aliphatic heterocycles. The number of H-pyrrole nitrogens is 1. The van der Waals surface area contributed by atoms with E-state index in [0.29, 0.717) is 16.4 Å². The highest BCUT2D eigenvalue weighted by Crippen LogP contribution is 2.25. The summed E-state index contributed by atoms with van der Waals surface area (Å²) in [4.78, 5) is 17.4. The molecule has 0 spiro atoms. The number of imidazole rings is 1. The predicted octanol–water partition coefficient (Wildman–Crippen LogP) is 2.85. The van der Waals surface area contributed by atoms with Crippen LogP contribution in [0.15, 0.2) is 35.6 Å². The zero-order valence-corrected chi connectivity index (χ0v) is 10.9. The Kier molecular flexibility index (Phi) is 4.57. The Bertz CT molecular complexity index is 604. The van der Waals surface area contributed by atoms with Gasteiger partial charge >= 0.3 is 12.6 Å². The zero-order chi connectivity index (χ0) is 14.5. The quantitative estimate of drug-likeness (QED) is 0.802. The van der Waals surface area contributed by atoms with Crippen molar-refractivity contribution in [3.63, 3.8) is 0 Å². The molecule has 1 aromatic carbocycles. The molecule has 2 rings (SSSR count). The summed E-state index contributed by atoms with van der Waals surface area (Å²) in [6.45, 7) is -2.88. The first-order valence-electron chi connectivity index (χ1n) is 5.49. The van der Waals surface area contributed by atoms with E-state index in [2.05, 4.69) is 14.7 Å². The molecule has 0 bridgehead atoms. The lowest BCUT2D eigenvalue weighted by molar-refractivity contribution is -0.133. The minimum absolute atomic E-state index is 0.0480. The van der Waals surface area contributed by atoms with E-state index in [1.165, 1.54) is 18.3 Å². The van der Waals surface area contributed by atoms with Gasteiger partial charge in [0, 0.05) is 5.56 Å². The predicted molar refractivity (Wildman–Crippen MR) is 69.0 cm³/mol. The molecule has 1 heterocycles. The Morgan fingerprint density at radius 1 is 1.50 bits per heavy atom. The average molecular weight is 300 g/mol. The third-order valence-electron chi connectivity index (χ3n) is 2.26. The van der Waals surface area contributed by atoms with Gasteiger partial charge in [-0.2, -0.15) is 8.78 Å². The third kappa shape index (κ3) is 3.95. The van der Waals surface area contributed by atoms with Crippen LogP contribution >= 0.6 is 11.8 Å². The van der Waals surface area contributed by atoms with Crippen LogP contribution in [0.2, 0.25) is 0 Å². The van der Waals surface area contributed by atoms with E-state index >= 15 is 0 Å². The van der Waals surface area contributed by atoms with Gasteiger partial charge in [0.25, 0.3) is 0 Å². The zero-order valence-electron chi connectivity index (χ0n) is 10.0. The first kappa shape index (κ1) is 14.3. The first-order valence-corrected chi connectivity index (χ1v) is 6.48. The van der Waals surface area contributed by atoms with E-state index in [1.807, 2.05) is 0 Å². The van der Waals surface area contributed by atoms with E-state index in [0.717, 1.165) is 11.8 Å². The second-order valence-electron chi connectivity index (χ2n) is 3.69. The minimum atomic E-state index is -2.88. The van der Waals surface area contributed by atoms with Crippen LogP contribution < -0.4 is 4.74 Å².